The third-order valence-electron chi connectivity index (χ3n) is 5.17. The second kappa shape index (κ2) is 10.6. The fourth-order valence-electron chi connectivity index (χ4n) is 3.58. The second-order valence-electron chi connectivity index (χ2n) is 8.03. The van der Waals surface area contributed by atoms with Crippen LogP contribution in [0.25, 0.3) is 11.2 Å². The van der Waals surface area contributed by atoms with Crippen LogP contribution in [-0.4, -0.2) is 52.5 Å². The van der Waals surface area contributed by atoms with Crippen molar-refractivity contribution in [1.29, 1.82) is 0 Å². The fraction of sp³-hybridized carbons (Fsp3) is 0.455. The molecule has 0 aliphatic carbocycles. The molecular weight excluding hydrogens is 445 g/mol. The van der Waals surface area contributed by atoms with Gasteiger partial charge in [0, 0.05) is 6.20 Å². The van der Waals surface area contributed by atoms with E-state index in [2.05, 4.69) is 15.1 Å². The molecule has 3 atom stereocenters. The molecule has 1 fully saturated rings. The number of para-hydroxylation sites is 1. The van der Waals surface area contributed by atoms with Gasteiger partial charge in [0.1, 0.15) is 17.6 Å². The van der Waals surface area contributed by atoms with Crippen molar-refractivity contribution >= 4 is 24.4 Å². The van der Waals surface area contributed by atoms with E-state index in [0.717, 1.165) is 6.42 Å². The summed E-state index contributed by atoms with van der Waals surface area (Å²) in [5.41, 5.74) is 7.85. The molecule has 0 radical (unpaired) electrons. The quantitative estimate of drug-likeness (QED) is 0.425. The predicted molar refractivity (Wildman–Crippen MR) is 125 cm³/mol. The summed E-state index contributed by atoms with van der Waals surface area (Å²) in [6.07, 6.45) is 3.22. The molecule has 0 amide bonds. The van der Waals surface area contributed by atoms with Crippen LogP contribution in [0, 0.1) is 0 Å². The Morgan fingerprint density at radius 1 is 1.21 bits per heavy atom. The number of nitrogen functional groups attached to an aromatic ring is 1. The number of anilines is 1. The van der Waals surface area contributed by atoms with Gasteiger partial charge in [-0.25, -0.2) is 15.1 Å². The van der Waals surface area contributed by atoms with Crippen LogP contribution in [0.3, 0.4) is 0 Å². The number of rotatable bonds is 10. The van der Waals surface area contributed by atoms with Gasteiger partial charge in [0.25, 0.3) is 0 Å². The summed E-state index contributed by atoms with van der Waals surface area (Å²) in [7, 11) is -3.46. The summed E-state index contributed by atoms with van der Waals surface area (Å²) in [6, 6.07) is 10.4. The van der Waals surface area contributed by atoms with Crippen molar-refractivity contribution in [3.63, 3.8) is 0 Å². The Balaban J connectivity index is 1.43. The number of nitrogens with zero attached hydrogens (tertiary/aromatic N) is 3. The van der Waals surface area contributed by atoms with Gasteiger partial charge in [0.05, 0.1) is 43.9 Å². The summed E-state index contributed by atoms with van der Waals surface area (Å²) in [5.74, 6) is 0.488. The first kappa shape index (κ1) is 23.7. The molecule has 3 aromatic rings. The third kappa shape index (κ3) is 6.10. The SMILES string of the molecule is C[C@H](Cn1cnc2c(N)ccnc21)OCP(=O)(N[C@@H](C)C1OCCCO1)Oc1ccccc1. The molecule has 3 heterocycles. The van der Waals surface area contributed by atoms with Gasteiger partial charge < -0.3 is 29.0 Å². The molecule has 1 unspecified atom stereocenters. The Hall–Kier alpha value is -2.49. The van der Waals surface area contributed by atoms with Crippen molar-refractivity contribution in [3.05, 3.63) is 48.9 Å². The van der Waals surface area contributed by atoms with Crippen molar-refractivity contribution in [3.8, 4) is 5.75 Å². The molecule has 33 heavy (non-hydrogen) atoms. The Morgan fingerprint density at radius 3 is 2.73 bits per heavy atom. The highest BCUT2D eigenvalue weighted by Crippen LogP contribution is 2.44. The number of pyridine rings is 1. The van der Waals surface area contributed by atoms with E-state index in [1.165, 1.54) is 0 Å². The van der Waals surface area contributed by atoms with Crippen LogP contribution in [0.2, 0.25) is 0 Å². The number of ether oxygens (including phenoxy) is 3. The van der Waals surface area contributed by atoms with E-state index in [9.17, 15) is 4.57 Å². The zero-order valence-corrected chi connectivity index (χ0v) is 19.7. The van der Waals surface area contributed by atoms with E-state index in [0.29, 0.717) is 42.4 Å². The van der Waals surface area contributed by atoms with E-state index in [1.807, 2.05) is 36.6 Å². The Kier molecular flexibility index (Phi) is 7.62. The first-order valence-corrected chi connectivity index (χ1v) is 12.8. The highest BCUT2D eigenvalue weighted by Gasteiger charge is 2.33. The van der Waals surface area contributed by atoms with Gasteiger partial charge in [0.15, 0.2) is 11.9 Å². The molecule has 3 N–H and O–H groups in total. The number of nitrogens with one attached hydrogen (secondary N) is 1. The lowest BCUT2D eigenvalue weighted by molar-refractivity contribution is -0.188. The molecule has 0 spiro atoms. The van der Waals surface area contributed by atoms with Gasteiger partial charge in [-0.3, -0.25) is 4.57 Å². The van der Waals surface area contributed by atoms with Crippen LogP contribution in [0.15, 0.2) is 48.9 Å². The predicted octanol–water partition coefficient (Wildman–Crippen LogP) is 3.39. The molecule has 10 nitrogen and oxygen atoms in total. The number of benzene rings is 1. The van der Waals surface area contributed by atoms with Crippen LogP contribution in [-0.2, 0) is 25.3 Å². The summed E-state index contributed by atoms with van der Waals surface area (Å²) < 4.78 is 38.8. The lowest BCUT2D eigenvalue weighted by Crippen LogP contribution is -2.43. The molecule has 0 saturated carbocycles. The monoisotopic (exact) mass is 475 g/mol. The molecule has 1 aromatic carbocycles. The number of aromatic nitrogens is 3. The number of hydrogen-bond donors (Lipinski definition) is 2. The Labute approximate surface area is 192 Å². The van der Waals surface area contributed by atoms with Gasteiger partial charge in [0.2, 0.25) is 0 Å². The van der Waals surface area contributed by atoms with Crippen molar-refractivity contribution < 1.29 is 23.3 Å². The molecule has 11 heteroatoms. The van der Waals surface area contributed by atoms with Crippen molar-refractivity contribution in [2.45, 2.75) is 45.2 Å². The molecule has 1 aliphatic rings. The minimum atomic E-state index is -3.46. The van der Waals surface area contributed by atoms with Gasteiger partial charge in [-0.1, -0.05) is 18.2 Å². The molecule has 1 saturated heterocycles. The van der Waals surface area contributed by atoms with Crippen LogP contribution in [0.5, 0.6) is 5.75 Å². The largest absolute Gasteiger partial charge is 0.431 e. The maximum atomic E-state index is 13.8. The number of imidazole rings is 1. The smallest absolute Gasteiger partial charge is 0.342 e. The minimum Gasteiger partial charge on any atom is -0.431 e. The standard InChI is InChI=1S/C22H30N5O5P/c1-16(13-27-14-25-20-19(23)9-10-24-21(20)27)31-15-33(28,32-18-7-4-3-5-8-18)26-17(2)22-29-11-6-12-30-22/h3-5,7-10,14,16-17,22H,6,11-13,15H2,1-2H3,(H2,23,24)(H,26,28)/t16-,17+,33?/m1/s1. The first-order valence-electron chi connectivity index (χ1n) is 11.0. The summed E-state index contributed by atoms with van der Waals surface area (Å²) in [6.45, 7) is 5.41. The highest BCUT2D eigenvalue weighted by molar-refractivity contribution is 7.57. The second-order valence-corrected chi connectivity index (χ2v) is 10.1. The topological polar surface area (TPSA) is 123 Å². The zero-order valence-electron chi connectivity index (χ0n) is 18.8. The maximum Gasteiger partial charge on any atom is 0.342 e. The summed E-state index contributed by atoms with van der Waals surface area (Å²) >= 11 is 0. The molecule has 2 aromatic heterocycles. The van der Waals surface area contributed by atoms with Crippen molar-refractivity contribution in [2.24, 2.45) is 0 Å². The van der Waals surface area contributed by atoms with Crippen LogP contribution >= 0.6 is 7.52 Å². The zero-order chi connectivity index (χ0) is 23.3. The molecule has 178 valence electrons. The van der Waals surface area contributed by atoms with Gasteiger partial charge in [-0.05, 0) is 38.5 Å². The Bertz CT molecular complexity index is 1090. The van der Waals surface area contributed by atoms with Crippen LogP contribution in [0.4, 0.5) is 5.69 Å². The number of fused-ring (bicyclic) bond motifs is 1. The number of hydrogen-bond acceptors (Lipinski definition) is 8. The Morgan fingerprint density at radius 2 is 1.97 bits per heavy atom. The maximum absolute atomic E-state index is 13.8. The van der Waals surface area contributed by atoms with Crippen molar-refractivity contribution in [2.75, 3.05) is 25.3 Å². The van der Waals surface area contributed by atoms with E-state index < -0.39 is 13.8 Å². The molecule has 0 bridgehead atoms. The van der Waals surface area contributed by atoms with E-state index in [1.54, 1.807) is 30.7 Å². The van der Waals surface area contributed by atoms with E-state index >= 15 is 0 Å². The minimum absolute atomic E-state index is 0.137. The molecule has 4 rings (SSSR count). The lowest BCUT2D eigenvalue weighted by atomic mass is 10.3. The van der Waals surface area contributed by atoms with Gasteiger partial charge >= 0.3 is 7.52 Å². The molecule has 1 aliphatic heterocycles. The summed E-state index contributed by atoms with van der Waals surface area (Å²) in [5, 5.41) is 3.07. The third-order valence-corrected chi connectivity index (χ3v) is 6.97. The van der Waals surface area contributed by atoms with E-state index in [4.69, 9.17) is 24.5 Å². The number of nitrogens with two attached hydrogens (primary N) is 1. The average Bonchev–Trinajstić information content (AvgIpc) is 3.23. The highest BCUT2D eigenvalue weighted by atomic mass is 31.2. The lowest BCUT2D eigenvalue weighted by Gasteiger charge is -2.31. The fourth-order valence-corrected chi connectivity index (χ4v) is 5.41. The van der Waals surface area contributed by atoms with Crippen LogP contribution < -0.4 is 15.3 Å². The molecular formula is C22H30N5O5P. The van der Waals surface area contributed by atoms with Gasteiger partial charge in [-0.15, -0.1) is 0 Å². The summed E-state index contributed by atoms with van der Waals surface area (Å²) in [4.78, 5) is 8.68. The normalized spacial score (nSPS) is 18.6. The van der Waals surface area contributed by atoms with Gasteiger partial charge in [-0.2, -0.15) is 0 Å². The van der Waals surface area contributed by atoms with Crippen molar-refractivity contribution in [1.82, 2.24) is 19.6 Å². The average molecular weight is 475 g/mol. The van der Waals surface area contributed by atoms with E-state index in [-0.39, 0.29) is 18.5 Å². The first-order chi connectivity index (χ1) is 15.9. The van der Waals surface area contributed by atoms with Crippen LogP contribution in [0.1, 0.15) is 20.3 Å².